The molecule has 0 saturated heterocycles. The molecule has 0 heterocycles. The summed E-state index contributed by atoms with van der Waals surface area (Å²) in [5, 5.41) is 27.7. The Morgan fingerprint density at radius 3 is 0.817 bits per heavy atom. The largest absolute Gasteiger partial charge is 0.478 e. The second-order valence-corrected chi connectivity index (χ2v) is 11.6. The molecule has 4 rings (SSSR count). The van der Waals surface area contributed by atoms with Crippen molar-refractivity contribution < 1.29 is 86.8 Å². The SMILES string of the molecule is CCOC(=O)c1ccc(Oc2ccc(C(=O)O)c(C(=O)O)c2)cc1C(=O)OCC.CCOC(=O)c1ccc(Oc2ccc(C(=O)OCC)c(C(=O)OCC)c2)cc1C(=O)O. The summed E-state index contributed by atoms with van der Waals surface area (Å²) in [5.74, 6) is -7.42. The summed E-state index contributed by atoms with van der Waals surface area (Å²) >= 11 is 0. The van der Waals surface area contributed by atoms with Gasteiger partial charge in [-0.25, -0.2) is 38.4 Å². The van der Waals surface area contributed by atoms with Crippen molar-refractivity contribution in [2.45, 2.75) is 34.6 Å². The van der Waals surface area contributed by atoms with E-state index in [1.165, 1.54) is 54.6 Å². The van der Waals surface area contributed by atoms with Crippen molar-refractivity contribution in [1.29, 1.82) is 0 Å². The van der Waals surface area contributed by atoms with Gasteiger partial charge in [0.05, 0.1) is 77.5 Å². The van der Waals surface area contributed by atoms with E-state index in [1.54, 1.807) is 34.6 Å². The Bertz CT molecular complexity index is 2270. The molecule has 0 unspecified atom stereocenters. The first-order valence-electron chi connectivity index (χ1n) is 18.1. The number of aromatic carboxylic acids is 3. The second-order valence-electron chi connectivity index (χ2n) is 11.6. The first-order valence-corrected chi connectivity index (χ1v) is 18.1. The van der Waals surface area contributed by atoms with Crippen molar-refractivity contribution in [2.24, 2.45) is 0 Å². The fraction of sp³-hybridized carbons (Fsp3) is 0.238. The Hall–Kier alpha value is -7.76. The van der Waals surface area contributed by atoms with Crippen LogP contribution in [0.15, 0.2) is 72.8 Å². The van der Waals surface area contributed by atoms with Crippen LogP contribution in [0.2, 0.25) is 0 Å². The number of rotatable bonds is 17. The zero-order chi connectivity index (χ0) is 44.5. The number of ether oxygens (including phenoxy) is 7. The van der Waals surface area contributed by atoms with Gasteiger partial charge in [-0.15, -0.1) is 0 Å². The van der Waals surface area contributed by atoms with Gasteiger partial charge in [0, 0.05) is 0 Å². The maximum atomic E-state index is 12.3. The highest BCUT2D eigenvalue weighted by Crippen LogP contribution is 2.29. The average molecular weight is 833 g/mol. The summed E-state index contributed by atoms with van der Waals surface area (Å²) < 4.78 is 35.9. The van der Waals surface area contributed by atoms with Crippen LogP contribution >= 0.6 is 0 Å². The molecule has 18 nitrogen and oxygen atoms in total. The number of esters is 5. The van der Waals surface area contributed by atoms with Gasteiger partial charge in [0.1, 0.15) is 23.0 Å². The molecule has 0 aliphatic heterocycles. The molecule has 0 bridgehead atoms. The molecule has 0 aliphatic rings. The highest BCUT2D eigenvalue weighted by Gasteiger charge is 2.24. The number of carboxylic acid groups (broad SMARTS) is 3. The van der Waals surface area contributed by atoms with Crippen LogP contribution in [-0.2, 0) is 23.7 Å². The standard InChI is InChI=1S/C22H22O9.C20H18O9/c1-4-28-20(25)15-9-7-13(11-17(15)19(23)24)31-14-8-10-16(21(26)29-5-2)18(12-14)22(27)30-6-3;1-3-27-19(25)14-8-6-12(10-16(14)20(26)28-4-2)29-11-5-7-13(17(21)22)15(9-11)18(23)24/h7-12H,4-6H2,1-3H3,(H,23,24);5-10H,3-4H2,1-2H3,(H,21,22)(H,23,24). The second kappa shape index (κ2) is 22.3. The molecule has 0 saturated carbocycles. The van der Waals surface area contributed by atoms with Crippen LogP contribution in [0.25, 0.3) is 0 Å². The number of benzene rings is 4. The van der Waals surface area contributed by atoms with Crippen LogP contribution in [0.4, 0.5) is 0 Å². The first-order chi connectivity index (χ1) is 28.6. The summed E-state index contributed by atoms with van der Waals surface area (Å²) in [6, 6.07) is 15.3. The van der Waals surface area contributed by atoms with Crippen LogP contribution in [0, 0.1) is 0 Å². The van der Waals surface area contributed by atoms with E-state index in [4.69, 9.17) is 38.3 Å². The van der Waals surface area contributed by atoms with Gasteiger partial charge < -0.3 is 48.5 Å². The van der Waals surface area contributed by atoms with Crippen LogP contribution in [0.1, 0.15) is 117 Å². The van der Waals surface area contributed by atoms with Gasteiger partial charge in [0.15, 0.2) is 0 Å². The van der Waals surface area contributed by atoms with Crippen molar-refractivity contribution in [3.8, 4) is 23.0 Å². The minimum absolute atomic E-state index is 0.00917. The predicted molar refractivity (Wildman–Crippen MR) is 207 cm³/mol. The minimum atomic E-state index is -1.43. The molecule has 3 N–H and O–H groups in total. The molecule has 18 heteroatoms. The molecular formula is C42H40O18. The van der Waals surface area contributed by atoms with Gasteiger partial charge in [-0.2, -0.15) is 0 Å². The highest BCUT2D eigenvalue weighted by molar-refractivity contribution is 6.05. The average Bonchev–Trinajstić information content (AvgIpc) is 3.21. The normalized spacial score (nSPS) is 10.2. The molecule has 0 aliphatic carbocycles. The van der Waals surface area contributed by atoms with Crippen LogP contribution in [-0.4, -0.2) is 96.1 Å². The number of carboxylic acids is 3. The topological polar surface area (TPSA) is 262 Å². The quantitative estimate of drug-likeness (QED) is 0.0718. The van der Waals surface area contributed by atoms with Crippen LogP contribution < -0.4 is 9.47 Å². The molecule has 60 heavy (non-hydrogen) atoms. The summed E-state index contributed by atoms with van der Waals surface area (Å²) in [4.78, 5) is 94.7. The predicted octanol–water partition coefficient (Wildman–Crippen LogP) is 6.94. The molecule has 316 valence electrons. The molecule has 0 fully saturated rings. The minimum Gasteiger partial charge on any atom is -0.478 e. The van der Waals surface area contributed by atoms with E-state index in [2.05, 4.69) is 0 Å². The lowest BCUT2D eigenvalue weighted by Crippen LogP contribution is -2.14. The van der Waals surface area contributed by atoms with E-state index in [0.717, 1.165) is 18.2 Å². The molecule has 4 aromatic rings. The van der Waals surface area contributed by atoms with E-state index in [-0.39, 0.29) is 89.4 Å². The molecule has 0 atom stereocenters. The van der Waals surface area contributed by atoms with Gasteiger partial charge in [-0.05, 0) is 107 Å². The molecule has 4 aromatic carbocycles. The van der Waals surface area contributed by atoms with E-state index in [1.807, 2.05) is 0 Å². The van der Waals surface area contributed by atoms with Crippen LogP contribution in [0.5, 0.6) is 23.0 Å². The Morgan fingerprint density at radius 1 is 0.333 bits per heavy atom. The third-order valence-electron chi connectivity index (χ3n) is 7.60. The molecular weight excluding hydrogens is 792 g/mol. The molecule has 0 spiro atoms. The zero-order valence-electron chi connectivity index (χ0n) is 32.9. The molecule has 0 amide bonds. The maximum absolute atomic E-state index is 12.3. The molecule has 0 aromatic heterocycles. The van der Waals surface area contributed by atoms with Crippen molar-refractivity contribution in [1.82, 2.24) is 0 Å². The summed E-state index contributed by atoms with van der Waals surface area (Å²) in [7, 11) is 0. The monoisotopic (exact) mass is 832 g/mol. The van der Waals surface area contributed by atoms with E-state index < -0.39 is 58.9 Å². The van der Waals surface area contributed by atoms with Crippen molar-refractivity contribution in [3.05, 3.63) is 117 Å². The van der Waals surface area contributed by atoms with Gasteiger partial charge in [-0.1, -0.05) is 0 Å². The lowest BCUT2D eigenvalue weighted by atomic mass is 10.1. The van der Waals surface area contributed by atoms with Crippen molar-refractivity contribution in [2.75, 3.05) is 33.0 Å². The Morgan fingerprint density at radius 2 is 0.550 bits per heavy atom. The maximum Gasteiger partial charge on any atom is 0.339 e. The van der Waals surface area contributed by atoms with Crippen molar-refractivity contribution >= 4 is 47.8 Å². The lowest BCUT2D eigenvalue weighted by Gasteiger charge is -2.12. The van der Waals surface area contributed by atoms with Crippen LogP contribution in [0.3, 0.4) is 0 Å². The van der Waals surface area contributed by atoms with Gasteiger partial charge in [0.2, 0.25) is 0 Å². The number of carbonyl (C=O) groups is 8. The third-order valence-corrected chi connectivity index (χ3v) is 7.60. The third kappa shape index (κ3) is 12.4. The zero-order valence-corrected chi connectivity index (χ0v) is 32.9. The fourth-order valence-corrected chi connectivity index (χ4v) is 5.08. The number of hydrogen-bond acceptors (Lipinski definition) is 15. The smallest absolute Gasteiger partial charge is 0.339 e. The first kappa shape index (κ1) is 46.6. The summed E-state index contributed by atoms with van der Waals surface area (Å²) in [5.41, 5.74) is -1.40. The van der Waals surface area contributed by atoms with Gasteiger partial charge in [-0.3, -0.25) is 0 Å². The lowest BCUT2D eigenvalue weighted by molar-refractivity contribution is 0.0478. The molecule has 0 radical (unpaired) electrons. The Kier molecular flexibility index (Phi) is 17.3. The number of hydrogen-bond donors (Lipinski definition) is 3. The van der Waals surface area contributed by atoms with E-state index >= 15 is 0 Å². The van der Waals surface area contributed by atoms with Gasteiger partial charge >= 0.3 is 47.8 Å². The van der Waals surface area contributed by atoms with E-state index in [9.17, 15) is 48.6 Å². The summed E-state index contributed by atoms with van der Waals surface area (Å²) in [6.45, 7) is 8.64. The Balaban J connectivity index is 0.000000321. The van der Waals surface area contributed by atoms with Crippen molar-refractivity contribution in [3.63, 3.8) is 0 Å². The highest BCUT2D eigenvalue weighted by atomic mass is 16.6. The fourth-order valence-electron chi connectivity index (χ4n) is 5.08. The van der Waals surface area contributed by atoms with E-state index in [0.29, 0.717) is 0 Å². The number of carbonyl (C=O) groups excluding carboxylic acids is 5. The van der Waals surface area contributed by atoms with Gasteiger partial charge in [0.25, 0.3) is 0 Å². The summed E-state index contributed by atoms with van der Waals surface area (Å²) in [6.07, 6.45) is 0. The Labute approximate surface area is 342 Å².